The van der Waals surface area contributed by atoms with Crippen molar-refractivity contribution in [1.82, 2.24) is 20.2 Å². The highest BCUT2D eigenvalue weighted by atomic mass is 19.4. The fourth-order valence-electron chi connectivity index (χ4n) is 2.72. The summed E-state index contributed by atoms with van der Waals surface area (Å²) < 4.78 is 38.5. The second-order valence-electron chi connectivity index (χ2n) is 6.70. The SMILES string of the molecule is CC[C@@H](C)c1ccc(NC(=O)Cn2nnc(-c3cccc(C(F)(F)F)c3)n2)cc1. The van der Waals surface area contributed by atoms with Gasteiger partial charge >= 0.3 is 6.18 Å². The van der Waals surface area contributed by atoms with Crippen LogP contribution in [-0.2, 0) is 17.5 Å². The van der Waals surface area contributed by atoms with Gasteiger partial charge in [-0.15, -0.1) is 10.2 Å². The van der Waals surface area contributed by atoms with Crippen molar-refractivity contribution in [1.29, 1.82) is 0 Å². The van der Waals surface area contributed by atoms with Crippen molar-refractivity contribution in [3.05, 3.63) is 59.7 Å². The number of aromatic nitrogens is 4. The van der Waals surface area contributed by atoms with Gasteiger partial charge in [-0.25, -0.2) is 0 Å². The van der Waals surface area contributed by atoms with Crippen LogP contribution in [0.25, 0.3) is 11.4 Å². The molecule has 0 radical (unpaired) electrons. The first-order chi connectivity index (χ1) is 13.8. The normalized spacial score (nSPS) is 12.6. The lowest BCUT2D eigenvalue weighted by Gasteiger charge is -2.10. The van der Waals surface area contributed by atoms with Crippen molar-refractivity contribution in [2.45, 2.75) is 38.9 Å². The van der Waals surface area contributed by atoms with E-state index in [0.717, 1.165) is 23.4 Å². The summed E-state index contributed by atoms with van der Waals surface area (Å²) >= 11 is 0. The molecule has 0 spiro atoms. The predicted octanol–water partition coefficient (Wildman–Crippen LogP) is 4.51. The van der Waals surface area contributed by atoms with Crippen molar-refractivity contribution in [2.24, 2.45) is 0 Å². The summed E-state index contributed by atoms with van der Waals surface area (Å²) in [7, 11) is 0. The van der Waals surface area contributed by atoms with E-state index in [1.165, 1.54) is 17.7 Å². The number of carbonyl (C=O) groups excluding carboxylic acids is 1. The molecule has 1 N–H and O–H groups in total. The van der Waals surface area contributed by atoms with E-state index in [0.29, 0.717) is 11.6 Å². The molecule has 0 unspecified atom stereocenters. The molecule has 3 rings (SSSR count). The fourth-order valence-corrected chi connectivity index (χ4v) is 2.72. The minimum atomic E-state index is -4.46. The third-order valence-corrected chi connectivity index (χ3v) is 4.56. The van der Waals surface area contributed by atoms with Crippen LogP contribution in [0.15, 0.2) is 48.5 Å². The monoisotopic (exact) mass is 403 g/mol. The quantitative estimate of drug-likeness (QED) is 0.657. The smallest absolute Gasteiger partial charge is 0.324 e. The van der Waals surface area contributed by atoms with E-state index in [1.54, 1.807) is 0 Å². The zero-order chi connectivity index (χ0) is 21.0. The van der Waals surface area contributed by atoms with Gasteiger partial charge in [-0.3, -0.25) is 4.79 Å². The van der Waals surface area contributed by atoms with E-state index in [9.17, 15) is 18.0 Å². The second-order valence-corrected chi connectivity index (χ2v) is 6.70. The summed E-state index contributed by atoms with van der Waals surface area (Å²) in [5.41, 5.74) is 1.20. The minimum Gasteiger partial charge on any atom is -0.324 e. The molecule has 29 heavy (non-hydrogen) atoms. The average Bonchev–Trinajstić information content (AvgIpc) is 3.15. The van der Waals surface area contributed by atoms with Gasteiger partial charge < -0.3 is 5.32 Å². The molecular weight excluding hydrogens is 383 g/mol. The number of nitrogens with one attached hydrogen (secondary N) is 1. The maximum atomic E-state index is 12.8. The Labute approximate surface area is 165 Å². The molecule has 0 aliphatic rings. The molecule has 1 amide bonds. The van der Waals surface area contributed by atoms with Crippen molar-refractivity contribution in [2.75, 3.05) is 5.32 Å². The number of amides is 1. The van der Waals surface area contributed by atoms with Crippen LogP contribution >= 0.6 is 0 Å². The first-order valence-electron chi connectivity index (χ1n) is 9.11. The zero-order valence-corrected chi connectivity index (χ0v) is 15.9. The first-order valence-corrected chi connectivity index (χ1v) is 9.11. The second kappa shape index (κ2) is 8.42. The number of anilines is 1. The average molecular weight is 403 g/mol. The Morgan fingerprint density at radius 1 is 1.17 bits per heavy atom. The lowest BCUT2D eigenvalue weighted by Crippen LogP contribution is -2.20. The van der Waals surface area contributed by atoms with Crippen LogP contribution in [0, 0.1) is 0 Å². The molecule has 0 saturated heterocycles. The highest BCUT2D eigenvalue weighted by molar-refractivity contribution is 5.90. The molecule has 0 saturated carbocycles. The molecule has 0 bridgehead atoms. The Kier molecular flexibility index (Phi) is 5.95. The number of tetrazole rings is 1. The molecule has 0 fully saturated rings. The van der Waals surface area contributed by atoms with Gasteiger partial charge in [0, 0.05) is 11.3 Å². The van der Waals surface area contributed by atoms with Gasteiger partial charge in [0.05, 0.1) is 5.56 Å². The van der Waals surface area contributed by atoms with Crippen LogP contribution < -0.4 is 5.32 Å². The third-order valence-electron chi connectivity index (χ3n) is 4.56. The number of rotatable bonds is 6. The predicted molar refractivity (Wildman–Crippen MR) is 102 cm³/mol. The van der Waals surface area contributed by atoms with Gasteiger partial charge in [-0.1, -0.05) is 38.1 Å². The summed E-state index contributed by atoms with van der Waals surface area (Å²) in [4.78, 5) is 13.2. The molecule has 1 atom stereocenters. The third kappa shape index (κ3) is 5.18. The van der Waals surface area contributed by atoms with E-state index >= 15 is 0 Å². The van der Waals surface area contributed by atoms with Crippen LogP contribution in [0.2, 0.25) is 0 Å². The molecule has 9 heteroatoms. The molecular formula is C20H20F3N5O. The van der Waals surface area contributed by atoms with Crippen LogP contribution in [-0.4, -0.2) is 26.1 Å². The molecule has 152 valence electrons. The number of halogens is 3. The topological polar surface area (TPSA) is 72.7 Å². The number of carbonyl (C=O) groups is 1. The zero-order valence-electron chi connectivity index (χ0n) is 15.9. The molecule has 6 nitrogen and oxygen atoms in total. The number of hydrogen-bond donors (Lipinski definition) is 1. The fraction of sp³-hybridized carbons (Fsp3) is 0.300. The lowest BCUT2D eigenvalue weighted by molar-refractivity contribution is -0.137. The summed E-state index contributed by atoms with van der Waals surface area (Å²) in [6.07, 6.45) is -3.44. The van der Waals surface area contributed by atoms with Crippen molar-refractivity contribution in [3.63, 3.8) is 0 Å². The number of benzene rings is 2. The van der Waals surface area contributed by atoms with Crippen molar-refractivity contribution in [3.8, 4) is 11.4 Å². The van der Waals surface area contributed by atoms with Crippen LogP contribution in [0.3, 0.4) is 0 Å². The summed E-state index contributed by atoms with van der Waals surface area (Å²) in [6.45, 7) is 4.03. The summed E-state index contributed by atoms with van der Waals surface area (Å²) in [5.74, 6) is 0.0875. The van der Waals surface area contributed by atoms with E-state index in [-0.39, 0.29) is 23.8 Å². The van der Waals surface area contributed by atoms with E-state index in [1.807, 2.05) is 24.3 Å². The number of alkyl halides is 3. The van der Waals surface area contributed by atoms with Crippen molar-refractivity contribution >= 4 is 11.6 Å². The van der Waals surface area contributed by atoms with E-state index in [4.69, 9.17) is 0 Å². The molecule has 3 aromatic rings. The van der Waals surface area contributed by atoms with E-state index < -0.39 is 11.7 Å². The van der Waals surface area contributed by atoms with Gasteiger partial charge in [0.1, 0.15) is 6.54 Å². The molecule has 2 aromatic carbocycles. The van der Waals surface area contributed by atoms with Gasteiger partial charge in [0.2, 0.25) is 11.7 Å². The Bertz CT molecular complexity index is 982. The first kappa shape index (κ1) is 20.5. The molecule has 0 aliphatic heterocycles. The largest absolute Gasteiger partial charge is 0.416 e. The van der Waals surface area contributed by atoms with Gasteiger partial charge in [0.25, 0.3) is 0 Å². The standard InChI is InChI=1S/C20H20F3N5O/c1-3-13(2)14-7-9-17(10-8-14)24-18(29)12-28-26-19(25-27-28)15-5-4-6-16(11-15)20(21,22)23/h4-11,13H,3,12H2,1-2H3,(H,24,29)/t13-/m1/s1. The van der Waals surface area contributed by atoms with Gasteiger partial charge in [-0.05, 0) is 47.4 Å². The van der Waals surface area contributed by atoms with Crippen LogP contribution in [0.1, 0.15) is 37.3 Å². The summed E-state index contributed by atoms with van der Waals surface area (Å²) in [6, 6.07) is 12.2. The van der Waals surface area contributed by atoms with E-state index in [2.05, 4.69) is 34.6 Å². The van der Waals surface area contributed by atoms with Gasteiger partial charge in [-0.2, -0.15) is 18.0 Å². The Balaban J connectivity index is 1.65. The molecule has 0 aliphatic carbocycles. The van der Waals surface area contributed by atoms with Gasteiger partial charge in [0.15, 0.2) is 0 Å². The maximum Gasteiger partial charge on any atom is 0.416 e. The Morgan fingerprint density at radius 2 is 1.90 bits per heavy atom. The summed E-state index contributed by atoms with van der Waals surface area (Å²) in [5, 5.41) is 14.2. The maximum absolute atomic E-state index is 12.8. The molecule has 1 aromatic heterocycles. The number of hydrogen-bond acceptors (Lipinski definition) is 4. The Morgan fingerprint density at radius 3 is 2.55 bits per heavy atom. The number of nitrogens with zero attached hydrogens (tertiary/aromatic N) is 4. The van der Waals surface area contributed by atoms with Crippen molar-refractivity contribution < 1.29 is 18.0 Å². The van der Waals surface area contributed by atoms with Crippen LogP contribution in [0.5, 0.6) is 0 Å². The highest BCUT2D eigenvalue weighted by Gasteiger charge is 2.30. The minimum absolute atomic E-state index is 0.0156. The molecule has 1 heterocycles. The van der Waals surface area contributed by atoms with Crippen LogP contribution in [0.4, 0.5) is 18.9 Å². The Hall–Kier alpha value is -3.23. The lowest BCUT2D eigenvalue weighted by atomic mass is 9.99. The highest BCUT2D eigenvalue weighted by Crippen LogP contribution is 2.31.